The molecule has 2 unspecified atom stereocenters. The quantitative estimate of drug-likeness (QED) is 0.433. The van der Waals surface area contributed by atoms with Gasteiger partial charge in [0.1, 0.15) is 28.9 Å². The summed E-state index contributed by atoms with van der Waals surface area (Å²) in [4.78, 5) is 20.6. The van der Waals surface area contributed by atoms with Gasteiger partial charge in [-0.2, -0.15) is 10.1 Å². The van der Waals surface area contributed by atoms with Gasteiger partial charge in [0.25, 0.3) is 0 Å². The second-order valence-corrected chi connectivity index (χ2v) is 9.78. The van der Waals surface area contributed by atoms with Crippen molar-refractivity contribution < 1.29 is 18.6 Å². The third-order valence-corrected chi connectivity index (χ3v) is 6.98. The summed E-state index contributed by atoms with van der Waals surface area (Å²) in [6, 6.07) is 3.71. The van der Waals surface area contributed by atoms with E-state index in [9.17, 15) is 13.9 Å². The molecule has 1 aliphatic carbocycles. The molecule has 0 amide bonds. The number of aliphatic hydroxyl groups is 1. The van der Waals surface area contributed by atoms with Crippen molar-refractivity contribution in [2.45, 2.75) is 58.5 Å². The zero-order valence-corrected chi connectivity index (χ0v) is 20.8. The molecule has 1 aliphatic heterocycles. The molecule has 37 heavy (non-hydrogen) atoms. The van der Waals surface area contributed by atoms with Crippen LogP contribution in [0, 0.1) is 25.5 Å². The Morgan fingerprint density at radius 1 is 1.05 bits per heavy atom. The third kappa shape index (κ3) is 4.31. The Bertz CT molecular complexity index is 1500. The number of aromatic nitrogens is 6. The zero-order chi connectivity index (χ0) is 25.8. The number of ether oxygens (including phenoxy) is 1. The molecule has 1 N–H and O–H groups in total. The molecule has 3 aromatic heterocycles. The van der Waals surface area contributed by atoms with Crippen molar-refractivity contribution in [2.75, 3.05) is 18.0 Å². The van der Waals surface area contributed by atoms with E-state index in [1.807, 2.05) is 30.4 Å². The van der Waals surface area contributed by atoms with Gasteiger partial charge < -0.3 is 14.7 Å². The minimum atomic E-state index is -0.737. The largest absolute Gasteiger partial charge is 0.390 e. The van der Waals surface area contributed by atoms with E-state index < -0.39 is 11.6 Å². The molecule has 2 fully saturated rings. The van der Waals surface area contributed by atoms with E-state index in [0.717, 1.165) is 30.2 Å². The molecule has 0 radical (unpaired) electrons. The highest BCUT2D eigenvalue weighted by Gasteiger charge is 2.34. The molecule has 2 aliphatic rings. The van der Waals surface area contributed by atoms with Crippen LogP contribution in [0.25, 0.3) is 22.4 Å². The molecule has 0 bridgehead atoms. The van der Waals surface area contributed by atoms with Gasteiger partial charge in [-0.1, -0.05) is 0 Å². The average molecular weight is 508 g/mol. The lowest BCUT2D eigenvalue weighted by atomic mass is 10.1. The van der Waals surface area contributed by atoms with Crippen molar-refractivity contribution in [3.63, 3.8) is 0 Å². The first-order chi connectivity index (χ1) is 17.8. The van der Waals surface area contributed by atoms with Crippen molar-refractivity contribution in [1.82, 2.24) is 29.7 Å². The average Bonchev–Trinajstić information content (AvgIpc) is 3.62. The van der Waals surface area contributed by atoms with Crippen molar-refractivity contribution in [3.8, 4) is 11.3 Å². The van der Waals surface area contributed by atoms with Gasteiger partial charge in [-0.15, -0.1) is 0 Å². The number of benzene rings is 1. The first-order valence-corrected chi connectivity index (χ1v) is 12.4. The van der Waals surface area contributed by atoms with E-state index >= 15 is 0 Å². The maximum Gasteiger partial charge on any atom is 0.228 e. The summed E-state index contributed by atoms with van der Waals surface area (Å²) in [5.41, 5.74) is 4.03. The summed E-state index contributed by atoms with van der Waals surface area (Å²) in [6.45, 7) is 6.38. The Morgan fingerprint density at radius 3 is 2.57 bits per heavy atom. The van der Waals surface area contributed by atoms with Crippen LogP contribution in [0.2, 0.25) is 0 Å². The number of hydrogen-bond donors (Lipinski definition) is 1. The van der Waals surface area contributed by atoms with Gasteiger partial charge in [0.05, 0.1) is 48.6 Å². The Kier molecular flexibility index (Phi) is 5.84. The molecule has 6 rings (SSSR count). The first kappa shape index (κ1) is 23.8. The summed E-state index contributed by atoms with van der Waals surface area (Å²) in [6.07, 6.45) is 3.33. The molecule has 4 aromatic rings. The van der Waals surface area contributed by atoms with Gasteiger partial charge in [-0.3, -0.25) is 4.68 Å². The van der Waals surface area contributed by atoms with Crippen LogP contribution in [-0.4, -0.2) is 54.0 Å². The summed E-state index contributed by atoms with van der Waals surface area (Å²) in [5.74, 6) is -1.06. The molecule has 1 aromatic carbocycles. The predicted molar refractivity (Wildman–Crippen MR) is 132 cm³/mol. The van der Waals surface area contributed by atoms with Crippen LogP contribution >= 0.6 is 0 Å². The lowest BCUT2D eigenvalue weighted by Crippen LogP contribution is -2.44. The van der Waals surface area contributed by atoms with Crippen molar-refractivity contribution in [2.24, 2.45) is 0 Å². The predicted octanol–water partition coefficient (Wildman–Crippen LogP) is 3.97. The van der Waals surface area contributed by atoms with Crippen LogP contribution in [0.5, 0.6) is 0 Å². The molecule has 1 saturated heterocycles. The van der Waals surface area contributed by atoms with Crippen molar-refractivity contribution in [1.29, 1.82) is 0 Å². The smallest absolute Gasteiger partial charge is 0.228 e. The summed E-state index contributed by atoms with van der Waals surface area (Å²) in [5, 5.41) is 14.6. The molecule has 0 spiro atoms. The van der Waals surface area contributed by atoms with E-state index in [1.54, 1.807) is 6.20 Å². The minimum Gasteiger partial charge on any atom is -0.390 e. The zero-order valence-electron chi connectivity index (χ0n) is 20.8. The fourth-order valence-corrected chi connectivity index (χ4v) is 4.87. The molecule has 9 nitrogen and oxygen atoms in total. The summed E-state index contributed by atoms with van der Waals surface area (Å²) >= 11 is 0. The first-order valence-electron chi connectivity index (χ1n) is 12.4. The normalized spacial score (nSPS) is 20.1. The highest BCUT2D eigenvalue weighted by molar-refractivity contribution is 5.88. The van der Waals surface area contributed by atoms with Gasteiger partial charge >= 0.3 is 0 Å². The van der Waals surface area contributed by atoms with Crippen LogP contribution in [0.15, 0.2) is 24.4 Å². The van der Waals surface area contributed by atoms with Crippen LogP contribution in [0.4, 0.5) is 14.7 Å². The number of aliphatic hydroxyl groups excluding tert-OH is 1. The number of aryl methyl sites for hydroxylation is 2. The second kappa shape index (κ2) is 9.07. The van der Waals surface area contributed by atoms with Gasteiger partial charge in [0, 0.05) is 23.7 Å². The Hall–Kier alpha value is -3.57. The molecule has 11 heteroatoms. The van der Waals surface area contributed by atoms with Gasteiger partial charge in [-0.05, 0) is 45.7 Å². The monoisotopic (exact) mass is 507 g/mol. The maximum atomic E-state index is 14.9. The minimum absolute atomic E-state index is 0.124. The van der Waals surface area contributed by atoms with Gasteiger partial charge in [0.2, 0.25) is 5.95 Å². The highest BCUT2D eigenvalue weighted by atomic mass is 19.1. The molecule has 192 valence electrons. The molecule has 2 atom stereocenters. The number of rotatable bonds is 5. The van der Waals surface area contributed by atoms with E-state index in [4.69, 9.17) is 14.7 Å². The van der Waals surface area contributed by atoms with E-state index in [1.165, 1.54) is 12.1 Å². The number of hydrogen-bond acceptors (Lipinski definition) is 8. The number of halogens is 2. The van der Waals surface area contributed by atoms with Crippen LogP contribution in [0.3, 0.4) is 0 Å². The standard InChI is InChI=1S/C26H27F2N7O2/c1-13-10-34(11-22(37-13)19-9-29-35(17-5-6-17)21(19)12-36)26-32-23(18-7-4-16(27)8-20(18)28)24-25(33-26)31-15(3)14(2)30-24/h4,7-9,13,17,22,36H,5-6,10-12H2,1-3H3. The fourth-order valence-electron chi connectivity index (χ4n) is 4.87. The summed E-state index contributed by atoms with van der Waals surface area (Å²) in [7, 11) is 0. The van der Waals surface area contributed by atoms with Crippen molar-refractivity contribution in [3.05, 3.63) is 58.7 Å². The van der Waals surface area contributed by atoms with Crippen molar-refractivity contribution >= 4 is 17.1 Å². The Morgan fingerprint density at radius 2 is 1.84 bits per heavy atom. The Balaban J connectivity index is 1.44. The molecular weight excluding hydrogens is 480 g/mol. The highest BCUT2D eigenvalue weighted by Crippen LogP contribution is 2.38. The number of anilines is 1. The topological polar surface area (TPSA) is 102 Å². The van der Waals surface area contributed by atoms with Crippen LogP contribution in [0.1, 0.15) is 54.6 Å². The lowest BCUT2D eigenvalue weighted by molar-refractivity contribution is -0.0188. The number of morpholine rings is 1. The van der Waals surface area contributed by atoms with Gasteiger partial charge in [0.15, 0.2) is 5.65 Å². The third-order valence-electron chi connectivity index (χ3n) is 6.98. The second-order valence-electron chi connectivity index (χ2n) is 9.78. The van der Waals surface area contributed by atoms with E-state index in [-0.39, 0.29) is 30.1 Å². The van der Waals surface area contributed by atoms with E-state index in [0.29, 0.717) is 47.6 Å². The molecule has 4 heterocycles. The summed E-state index contributed by atoms with van der Waals surface area (Å²) < 4.78 is 36.7. The maximum absolute atomic E-state index is 14.9. The van der Waals surface area contributed by atoms with E-state index in [2.05, 4.69) is 15.1 Å². The van der Waals surface area contributed by atoms with Crippen LogP contribution < -0.4 is 4.90 Å². The fraction of sp³-hybridized carbons (Fsp3) is 0.423. The number of nitrogens with zero attached hydrogens (tertiary/aromatic N) is 7. The van der Waals surface area contributed by atoms with Gasteiger partial charge in [-0.25, -0.2) is 23.7 Å². The lowest BCUT2D eigenvalue weighted by Gasteiger charge is -2.37. The SMILES string of the molecule is Cc1nc2nc(N3CC(C)OC(c4cnn(C5CC5)c4CO)C3)nc(-c3ccc(F)cc3F)c2nc1C. The molecular formula is C26H27F2N7O2. The van der Waals surface area contributed by atoms with Crippen LogP contribution in [-0.2, 0) is 11.3 Å². The Labute approximate surface area is 212 Å². The molecule has 1 saturated carbocycles. The number of fused-ring (bicyclic) bond motifs is 1.